The number of furan rings is 1. The lowest BCUT2D eigenvalue weighted by atomic mass is 10.3. The number of nitrogen functional groups attached to an aromatic ring is 1. The van der Waals surface area contributed by atoms with Crippen LogP contribution in [-0.2, 0) is 6.54 Å². The molecule has 5 nitrogen and oxygen atoms in total. The van der Waals surface area contributed by atoms with E-state index >= 15 is 0 Å². The molecule has 0 radical (unpaired) electrons. The van der Waals surface area contributed by atoms with Gasteiger partial charge < -0.3 is 4.42 Å². The molecule has 0 unspecified atom stereocenters. The van der Waals surface area contributed by atoms with Crippen LogP contribution in [0.15, 0.2) is 16.5 Å². The van der Waals surface area contributed by atoms with Crippen molar-refractivity contribution in [2.24, 2.45) is 5.84 Å². The van der Waals surface area contributed by atoms with E-state index in [1.807, 2.05) is 12.5 Å². The molecule has 0 bridgehead atoms. The number of carbonyl (C=O) groups is 1. The number of hydrogen-bond donors (Lipinski definition) is 2. The van der Waals surface area contributed by atoms with E-state index in [9.17, 15) is 4.79 Å². The standard InChI is InChI=1S/C10H17N3O2/c1-3-6-13(2)7-8-4-5-9(15-8)10(14)12-11/h4-5H,3,6-7,11H2,1-2H3,(H,12,14). The molecule has 0 saturated heterocycles. The van der Waals surface area contributed by atoms with E-state index < -0.39 is 5.91 Å². The maximum absolute atomic E-state index is 11.1. The lowest BCUT2D eigenvalue weighted by Crippen LogP contribution is -2.29. The second-order valence-electron chi connectivity index (χ2n) is 3.48. The van der Waals surface area contributed by atoms with Gasteiger partial charge >= 0.3 is 5.91 Å². The SMILES string of the molecule is CCCN(C)Cc1ccc(C(=O)NN)o1. The van der Waals surface area contributed by atoms with E-state index in [1.54, 1.807) is 12.1 Å². The summed E-state index contributed by atoms with van der Waals surface area (Å²) in [7, 11) is 2.01. The van der Waals surface area contributed by atoms with Crippen molar-refractivity contribution in [2.45, 2.75) is 19.9 Å². The largest absolute Gasteiger partial charge is 0.455 e. The summed E-state index contributed by atoms with van der Waals surface area (Å²) in [4.78, 5) is 13.2. The van der Waals surface area contributed by atoms with Crippen LogP contribution in [0.4, 0.5) is 0 Å². The van der Waals surface area contributed by atoms with Crippen molar-refractivity contribution in [1.82, 2.24) is 10.3 Å². The van der Waals surface area contributed by atoms with Crippen LogP contribution in [0.1, 0.15) is 29.7 Å². The van der Waals surface area contributed by atoms with Gasteiger partial charge in [-0.3, -0.25) is 15.1 Å². The highest BCUT2D eigenvalue weighted by Gasteiger charge is 2.10. The minimum atomic E-state index is -0.403. The quantitative estimate of drug-likeness (QED) is 0.428. The van der Waals surface area contributed by atoms with Crippen molar-refractivity contribution in [1.29, 1.82) is 0 Å². The van der Waals surface area contributed by atoms with E-state index in [0.717, 1.165) is 18.7 Å². The number of carbonyl (C=O) groups excluding carboxylic acids is 1. The molecule has 1 amide bonds. The number of rotatable bonds is 5. The molecule has 1 aromatic rings. The second-order valence-corrected chi connectivity index (χ2v) is 3.48. The summed E-state index contributed by atoms with van der Waals surface area (Å²) in [5.74, 6) is 5.60. The van der Waals surface area contributed by atoms with Gasteiger partial charge in [0.1, 0.15) is 5.76 Å². The fraction of sp³-hybridized carbons (Fsp3) is 0.500. The minimum absolute atomic E-state index is 0.248. The Hall–Kier alpha value is -1.33. The molecule has 0 aliphatic heterocycles. The average molecular weight is 211 g/mol. The highest BCUT2D eigenvalue weighted by Crippen LogP contribution is 2.09. The molecule has 1 rings (SSSR count). The maximum atomic E-state index is 11.1. The van der Waals surface area contributed by atoms with E-state index in [0.29, 0.717) is 6.54 Å². The lowest BCUT2D eigenvalue weighted by Gasteiger charge is -2.12. The Morgan fingerprint density at radius 3 is 2.93 bits per heavy atom. The van der Waals surface area contributed by atoms with Crippen molar-refractivity contribution in [3.63, 3.8) is 0 Å². The van der Waals surface area contributed by atoms with Gasteiger partial charge in [0.2, 0.25) is 0 Å². The number of nitrogens with one attached hydrogen (secondary N) is 1. The fourth-order valence-electron chi connectivity index (χ4n) is 1.38. The first kappa shape index (κ1) is 11.7. The summed E-state index contributed by atoms with van der Waals surface area (Å²) in [6.07, 6.45) is 1.09. The summed E-state index contributed by atoms with van der Waals surface area (Å²) in [5, 5.41) is 0. The Labute approximate surface area is 89.2 Å². The number of hydrazine groups is 1. The number of amides is 1. The van der Waals surface area contributed by atoms with Crippen LogP contribution in [0.5, 0.6) is 0 Å². The number of hydrogen-bond acceptors (Lipinski definition) is 4. The topological polar surface area (TPSA) is 71.5 Å². The van der Waals surface area contributed by atoms with E-state index in [2.05, 4.69) is 11.8 Å². The van der Waals surface area contributed by atoms with Gasteiger partial charge in [0, 0.05) is 0 Å². The molecule has 0 aliphatic carbocycles. The molecule has 0 spiro atoms. The Morgan fingerprint density at radius 2 is 2.33 bits per heavy atom. The zero-order chi connectivity index (χ0) is 11.3. The van der Waals surface area contributed by atoms with E-state index in [-0.39, 0.29) is 5.76 Å². The molecule has 0 atom stereocenters. The summed E-state index contributed by atoms with van der Waals surface area (Å²) in [6, 6.07) is 3.41. The van der Waals surface area contributed by atoms with Gasteiger partial charge in [-0.1, -0.05) is 6.92 Å². The molecule has 0 fully saturated rings. The normalized spacial score (nSPS) is 10.7. The van der Waals surface area contributed by atoms with Crippen molar-refractivity contribution < 1.29 is 9.21 Å². The summed E-state index contributed by atoms with van der Waals surface area (Å²) >= 11 is 0. The van der Waals surface area contributed by atoms with Gasteiger partial charge in [-0.05, 0) is 32.1 Å². The van der Waals surface area contributed by atoms with E-state index in [4.69, 9.17) is 10.3 Å². The third kappa shape index (κ3) is 3.38. The predicted molar refractivity (Wildman–Crippen MR) is 57.0 cm³/mol. The molecule has 0 aromatic carbocycles. The molecule has 0 aliphatic rings. The van der Waals surface area contributed by atoms with Gasteiger partial charge in [0.15, 0.2) is 5.76 Å². The van der Waals surface area contributed by atoms with Crippen LogP contribution >= 0.6 is 0 Å². The highest BCUT2D eigenvalue weighted by atomic mass is 16.4. The Kier molecular flexibility index (Phi) is 4.33. The predicted octanol–water partition coefficient (Wildman–Crippen LogP) is 0.725. The molecular formula is C10H17N3O2. The van der Waals surface area contributed by atoms with Crippen molar-refractivity contribution in [2.75, 3.05) is 13.6 Å². The molecular weight excluding hydrogens is 194 g/mol. The lowest BCUT2D eigenvalue weighted by molar-refractivity contribution is 0.0922. The van der Waals surface area contributed by atoms with Crippen LogP contribution in [0.25, 0.3) is 0 Å². The summed E-state index contributed by atoms with van der Waals surface area (Å²) in [5.41, 5.74) is 2.03. The Balaban J connectivity index is 2.56. The molecule has 84 valence electrons. The number of nitrogens with two attached hydrogens (primary N) is 1. The molecule has 5 heteroatoms. The fourth-order valence-corrected chi connectivity index (χ4v) is 1.38. The monoisotopic (exact) mass is 211 g/mol. The first-order valence-corrected chi connectivity index (χ1v) is 4.95. The third-order valence-corrected chi connectivity index (χ3v) is 2.05. The average Bonchev–Trinajstić information content (AvgIpc) is 2.65. The van der Waals surface area contributed by atoms with Crippen molar-refractivity contribution >= 4 is 5.91 Å². The van der Waals surface area contributed by atoms with Gasteiger partial charge in [0.25, 0.3) is 0 Å². The third-order valence-electron chi connectivity index (χ3n) is 2.05. The van der Waals surface area contributed by atoms with Crippen LogP contribution in [0.3, 0.4) is 0 Å². The van der Waals surface area contributed by atoms with Gasteiger partial charge in [-0.25, -0.2) is 5.84 Å². The van der Waals surface area contributed by atoms with Gasteiger partial charge in [-0.2, -0.15) is 0 Å². The van der Waals surface area contributed by atoms with Crippen LogP contribution in [0, 0.1) is 0 Å². The zero-order valence-corrected chi connectivity index (χ0v) is 9.12. The number of nitrogens with zero attached hydrogens (tertiary/aromatic N) is 1. The molecule has 1 aromatic heterocycles. The minimum Gasteiger partial charge on any atom is -0.455 e. The summed E-state index contributed by atoms with van der Waals surface area (Å²) < 4.78 is 5.32. The summed E-state index contributed by atoms with van der Waals surface area (Å²) in [6.45, 7) is 3.82. The molecule has 1 heterocycles. The zero-order valence-electron chi connectivity index (χ0n) is 9.12. The van der Waals surface area contributed by atoms with Crippen molar-refractivity contribution in [3.8, 4) is 0 Å². The highest BCUT2D eigenvalue weighted by molar-refractivity contribution is 5.90. The van der Waals surface area contributed by atoms with Crippen LogP contribution < -0.4 is 11.3 Å². The smallest absolute Gasteiger partial charge is 0.300 e. The van der Waals surface area contributed by atoms with Gasteiger partial charge in [0.05, 0.1) is 6.54 Å². The Morgan fingerprint density at radius 1 is 1.60 bits per heavy atom. The van der Waals surface area contributed by atoms with E-state index in [1.165, 1.54) is 0 Å². The van der Waals surface area contributed by atoms with Crippen LogP contribution in [-0.4, -0.2) is 24.4 Å². The van der Waals surface area contributed by atoms with Gasteiger partial charge in [-0.15, -0.1) is 0 Å². The Bertz CT molecular complexity index is 322. The van der Waals surface area contributed by atoms with Crippen LogP contribution in [0.2, 0.25) is 0 Å². The molecule has 3 N–H and O–H groups in total. The maximum Gasteiger partial charge on any atom is 0.300 e. The molecule has 15 heavy (non-hydrogen) atoms. The first-order valence-electron chi connectivity index (χ1n) is 4.95. The first-order chi connectivity index (χ1) is 7.17. The second kappa shape index (κ2) is 5.53. The van der Waals surface area contributed by atoms with Crippen molar-refractivity contribution in [3.05, 3.63) is 23.7 Å². The molecule has 0 saturated carbocycles.